The summed E-state index contributed by atoms with van der Waals surface area (Å²) in [5.41, 5.74) is 0. The first-order valence-corrected chi connectivity index (χ1v) is 4.11. The van der Waals surface area contributed by atoms with Gasteiger partial charge in [-0.25, -0.2) is 0 Å². The van der Waals surface area contributed by atoms with E-state index >= 15 is 0 Å². The van der Waals surface area contributed by atoms with E-state index in [-0.39, 0.29) is 18.2 Å². The SMILES string of the molecule is CC1(C)O[C@H]2[C@H](CN[C@@H]2C#N)O1. The minimum Gasteiger partial charge on any atom is -0.343 e. The quantitative estimate of drug-likeness (QED) is 0.553. The first-order valence-electron chi connectivity index (χ1n) is 4.11. The molecule has 0 aromatic carbocycles. The minimum absolute atomic E-state index is 0.0460. The Kier molecular flexibility index (Phi) is 1.62. The van der Waals surface area contributed by atoms with Gasteiger partial charge in [0.1, 0.15) is 18.2 Å². The van der Waals surface area contributed by atoms with E-state index < -0.39 is 5.79 Å². The summed E-state index contributed by atoms with van der Waals surface area (Å²) in [7, 11) is 0. The lowest BCUT2D eigenvalue weighted by molar-refractivity contribution is -0.151. The van der Waals surface area contributed by atoms with Crippen LogP contribution in [0.2, 0.25) is 0 Å². The van der Waals surface area contributed by atoms with Gasteiger partial charge in [0, 0.05) is 6.54 Å². The molecule has 1 N–H and O–H groups in total. The maximum absolute atomic E-state index is 8.74. The lowest BCUT2D eigenvalue weighted by Crippen LogP contribution is -2.33. The topological polar surface area (TPSA) is 54.3 Å². The Hall–Kier alpha value is -0.630. The second kappa shape index (κ2) is 2.43. The molecule has 2 saturated heterocycles. The van der Waals surface area contributed by atoms with Gasteiger partial charge in [-0.05, 0) is 13.8 Å². The highest BCUT2D eigenvalue weighted by atomic mass is 16.8. The molecule has 2 aliphatic rings. The summed E-state index contributed by atoms with van der Waals surface area (Å²) in [5, 5.41) is 11.8. The molecule has 3 atom stereocenters. The Morgan fingerprint density at radius 2 is 2.25 bits per heavy atom. The molecule has 0 aromatic rings. The van der Waals surface area contributed by atoms with E-state index in [2.05, 4.69) is 11.4 Å². The highest BCUT2D eigenvalue weighted by molar-refractivity contribution is 5.07. The molecule has 66 valence electrons. The summed E-state index contributed by atoms with van der Waals surface area (Å²) in [6, 6.07) is 1.95. The predicted molar refractivity (Wildman–Crippen MR) is 41.2 cm³/mol. The molecule has 4 heteroatoms. The first kappa shape index (κ1) is 7.99. The zero-order valence-electron chi connectivity index (χ0n) is 7.20. The van der Waals surface area contributed by atoms with Gasteiger partial charge in [0.25, 0.3) is 0 Å². The van der Waals surface area contributed by atoms with E-state index in [0.717, 1.165) is 0 Å². The molecule has 0 aromatic heterocycles. The lowest BCUT2D eigenvalue weighted by Gasteiger charge is -2.19. The monoisotopic (exact) mass is 168 g/mol. The van der Waals surface area contributed by atoms with Crippen LogP contribution in [-0.2, 0) is 9.47 Å². The maximum Gasteiger partial charge on any atom is 0.163 e. The van der Waals surface area contributed by atoms with Gasteiger partial charge < -0.3 is 9.47 Å². The van der Waals surface area contributed by atoms with Gasteiger partial charge in [0.2, 0.25) is 0 Å². The van der Waals surface area contributed by atoms with E-state index in [1.54, 1.807) is 0 Å². The second-order valence-corrected chi connectivity index (χ2v) is 3.65. The molecule has 0 saturated carbocycles. The average molecular weight is 168 g/mol. The largest absolute Gasteiger partial charge is 0.343 e. The van der Waals surface area contributed by atoms with Crippen molar-refractivity contribution in [1.29, 1.82) is 5.26 Å². The van der Waals surface area contributed by atoms with Crippen molar-refractivity contribution >= 4 is 0 Å². The van der Waals surface area contributed by atoms with E-state index in [4.69, 9.17) is 14.7 Å². The van der Waals surface area contributed by atoms with Crippen LogP contribution in [-0.4, -0.2) is 30.6 Å². The van der Waals surface area contributed by atoms with Gasteiger partial charge in [-0.1, -0.05) is 0 Å². The Balaban J connectivity index is 2.12. The molecule has 4 nitrogen and oxygen atoms in total. The third-order valence-corrected chi connectivity index (χ3v) is 2.23. The van der Waals surface area contributed by atoms with Gasteiger partial charge in [0.15, 0.2) is 5.79 Å². The van der Waals surface area contributed by atoms with Crippen molar-refractivity contribution in [2.75, 3.05) is 6.54 Å². The molecule has 0 radical (unpaired) electrons. The van der Waals surface area contributed by atoms with Crippen molar-refractivity contribution in [1.82, 2.24) is 5.32 Å². The maximum atomic E-state index is 8.74. The Labute approximate surface area is 71.5 Å². The number of nitriles is 1. The van der Waals surface area contributed by atoms with Crippen LogP contribution in [0.5, 0.6) is 0 Å². The number of hydrogen-bond donors (Lipinski definition) is 1. The van der Waals surface area contributed by atoms with Crippen molar-refractivity contribution in [3.63, 3.8) is 0 Å². The lowest BCUT2D eigenvalue weighted by atomic mass is 10.2. The summed E-state index contributed by atoms with van der Waals surface area (Å²) >= 11 is 0. The van der Waals surface area contributed by atoms with Crippen LogP contribution < -0.4 is 5.32 Å². The number of rotatable bonds is 0. The molecule has 2 rings (SSSR count). The van der Waals surface area contributed by atoms with Crippen LogP contribution >= 0.6 is 0 Å². The van der Waals surface area contributed by atoms with Gasteiger partial charge in [-0.3, -0.25) is 5.32 Å². The molecule has 0 aliphatic carbocycles. The van der Waals surface area contributed by atoms with Gasteiger partial charge >= 0.3 is 0 Å². The van der Waals surface area contributed by atoms with E-state index in [1.165, 1.54) is 0 Å². The van der Waals surface area contributed by atoms with Crippen LogP contribution in [0.15, 0.2) is 0 Å². The third-order valence-electron chi connectivity index (χ3n) is 2.23. The van der Waals surface area contributed by atoms with Crippen molar-refractivity contribution in [3.05, 3.63) is 0 Å². The van der Waals surface area contributed by atoms with E-state index in [9.17, 15) is 0 Å². The zero-order valence-corrected chi connectivity index (χ0v) is 7.20. The van der Waals surface area contributed by atoms with Crippen molar-refractivity contribution in [2.24, 2.45) is 0 Å². The average Bonchev–Trinajstić information content (AvgIpc) is 2.42. The minimum atomic E-state index is -0.521. The molecule has 2 heterocycles. The molecule has 0 bridgehead atoms. The molecule has 2 aliphatic heterocycles. The highest BCUT2D eigenvalue weighted by Gasteiger charge is 2.49. The molecule has 12 heavy (non-hydrogen) atoms. The Bertz CT molecular complexity index is 234. The number of nitrogens with zero attached hydrogens (tertiary/aromatic N) is 1. The fourth-order valence-electron chi connectivity index (χ4n) is 1.78. The summed E-state index contributed by atoms with van der Waals surface area (Å²) in [6.07, 6.45) is -0.0466. The summed E-state index contributed by atoms with van der Waals surface area (Å²) in [4.78, 5) is 0. The molecule has 2 fully saturated rings. The van der Waals surface area contributed by atoms with Gasteiger partial charge in [0.05, 0.1) is 6.07 Å². The highest BCUT2D eigenvalue weighted by Crippen LogP contribution is 2.32. The zero-order chi connectivity index (χ0) is 8.77. The van der Waals surface area contributed by atoms with Crippen LogP contribution in [0.3, 0.4) is 0 Å². The molecular weight excluding hydrogens is 156 g/mol. The fraction of sp³-hybridized carbons (Fsp3) is 0.875. The van der Waals surface area contributed by atoms with Crippen LogP contribution in [0.4, 0.5) is 0 Å². The molecular formula is C8H12N2O2. The first-order chi connectivity index (χ1) is 5.62. The van der Waals surface area contributed by atoms with Crippen LogP contribution in [0.1, 0.15) is 13.8 Å². The smallest absolute Gasteiger partial charge is 0.163 e. The van der Waals surface area contributed by atoms with E-state index in [1.807, 2.05) is 13.8 Å². The summed E-state index contributed by atoms with van der Waals surface area (Å²) < 4.78 is 11.1. The summed E-state index contributed by atoms with van der Waals surface area (Å²) in [6.45, 7) is 4.46. The Morgan fingerprint density at radius 1 is 1.50 bits per heavy atom. The normalized spacial score (nSPS) is 43.9. The molecule has 0 spiro atoms. The van der Waals surface area contributed by atoms with Crippen molar-refractivity contribution < 1.29 is 9.47 Å². The molecule has 0 amide bonds. The Morgan fingerprint density at radius 3 is 2.92 bits per heavy atom. The number of nitrogens with one attached hydrogen (secondary N) is 1. The second-order valence-electron chi connectivity index (χ2n) is 3.65. The van der Waals surface area contributed by atoms with Crippen LogP contribution in [0, 0.1) is 11.3 Å². The van der Waals surface area contributed by atoms with Gasteiger partial charge in [-0.15, -0.1) is 0 Å². The van der Waals surface area contributed by atoms with Gasteiger partial charge in [-0.2, -0.15) is 5.26 Å². The van der Waals surface area contributed by atoms with Crippen molar-refractivity contribution in [2.45, 2.75) is 37.9 Å². The summed E-state index contributed by atoms with van der Waals surface area (Å²) in [5.74, 6) is -0.521. The van der Waals surface area contributed by atoms with Crippen LogP contribution in [0.25, 0.3) is 0 Å². The third kappa shape index (κ3) is 1.11. The van der Waals surface area contributed by atoms with E-state index in [0.29, 0.717) is 6.54 Å². The predicted octanol–water partition coefficient (Wildman–Crippen LogP) is 0.00188. The molecule has 0 unspecified atom stereocenters. The number of hydrogen-bond acceptors (Lipinski definition) is 4. The standard InChI is InChI=1S/C8H12N2O2/c1-8(2)11-6-4-10-5(3-9)7(6)12-8/h5-7,10H,4H2,1-2H3/t5-,6+,7-/m1/s1. The number of ether oxygens (including phenoxy) is 2. The van der Waals surface area contributed by atoms with Crippen molar-refractivity contribution in [3.8, 4) is 6.07 Å². The number of fused-ring (bicyclic) bond motifs is 1. The fourth-order valence-corrected chi connectivity index (χ4v) is 1.78.